The van der Waals surface area contributed by atoms with E-state index in [0.29, 0.717) is 6.07 Å². The summed E-state index contributed by atoms with van der Waals surface area (Å²) in [6.45, 7) is 0.118. The Morgan fingerprint density at radius 2 is 2.04 bits per heavy atom. The molecule has 1 aromatic carbocycles. The monoisotopic (exact) mass is 371 g/mol. The van der Waals surface area contributed by atoms with E-state index in [1.165, 1.54) is 4.90 Å². The number of thiocarbonyl (C=S) groups is 1. The maximum Gasteiger partial charge on any atom is 0.303 e. The van der Waals surface area contributed by atoms with Gasteiger partial charge in [0.15, 0.2) is 5.78 Å². The number of ketones is 1. The molecular formula is C15H11F2NO4S2. The number of carboxylic acids is 1. The first-order valence-electron chi connectivity index (χ1n) is 6.76. The molecule has 0 spiro atoms. The van der Waals surface area contributed by atoms with Crippen LogP contribution in [0.3, 0.4) is 0 Å². The van der Waals surface area contributed by atoms with Gasteiger partial charge in [-0.05, 0) is 18.6 Å². The van der Waals surface area contributed by atoms with Crippen LogP contribution in [0.4, 0.5) is 8.78 Å². The molecule has 1 saturated heterocycles. The standard InChI is InChI=1S/C15H11F2NO4S2/c16-8-3-4-9(10(17)6-8)11(19)7-12-14(22)18(15(23)24-12)5-1-2-13(20)21/h3-4,6-7H,1-2,5H2,(H,20,21)/b12-7-. The van der Waals surface area contributed by atoms with Gasteiger partial charge in [-0.2, -0.15) is 0 Å². The highest BCUT2D eigenvalue weighted by Gasteiger charge is 2.32. The molecule has 1 heterocycles. The van der Waals surface area contributed by atoms with Gasteiger partial charge in [0.2, 0.25) is 0 Å². The molecule has 0 atom stereocenters. The van der Waals surface area contributed by atoms with E-state index >= 15 is 0 Å². The Hall–Kier alpha value is -2.13. The van der Waals surface area contributed by atoms with E-state index in [2.05, 4.69) is 0 Å². The number of benzene rings is 1. The summed E-state index contributed by atoms with van der Waals surface area (Å²) in [5, 5.41) is 8.60. The highest BCUT2D eigenvalue weighted by atomic mass is 32.2. The fourth-order valence-electron chi connectivity index (χ4n) is 1.97. The molecule has 5 nitrogen and oxygen atoms in total. The van der Waals surface area contributed by atoms with Crippen molar-refractivity contribution in [1.82, 2.24) is 4.90 Å². The molecule has 0 bridgehead atoms. The SMILES string of the molecule is O=C(O)CCCN1C(=O)/C(=C/C(=O)c2ccc(F)cc2F)SC1=S. The van der Waals surface area contributed by atoms with Crippen molar-refractivity contribution >= 4 is 46.0 Å². The molecule has 1 aromatic rings. The highest BCUT2D eigenvalue weighted by Crippen LogP contribution is 2.31. The van der Waals surface area contributed by atoms with E-state index in [4.69, 9.17) is 17.3 Å². The summed E-state index contributed by atoms with van der Waals surface area (Å²) in [5.74, 6) is -4.13. The number of carbonyl (C=O) groups is 3. The van der Waals surface area contributed by atoms with Crippen LogP contribution in [0, 0.1) is 11.6 Å². The van der Waals surface area contributed by atoms with Crippen molar-refractivity contribution in [3.05, 3.63) is 46.4 Å². The predicted molar refractivity (Wildman–Crippen MR) is 87.5 cm³/mol. The van der Waals surface area contributed by atoms with Crippen LogP contribution in [0.1, 0.15) is 23.2 Å². The van der Waals surface area contributed by atoms with Gasteiger partial charge in [-0.3, -0.25) is 19.3 Å². The summed E-state index contributed by atoms with van der Waals surface area (Å²) in [6, 6.07) is 2.52. The van der Waals surface area contributed by atoms with E-state index in [1.54, 1.807) is 0 Å². The molecule has 1 fully saturated rings. The summed E-state index contributed by atoms with van der Waals surface area (Å²) < 4.78 is 26.7. The third-order valence-corrected chi connectivity index (χ3v) is 4.48. The largest absolute Gasteiger partial charge is 0.481 e. The van der Waals surface area contributed by atoms with Gasteiger partial charge in [0.25, 0.3) is 5.91 Å². The number of allylic oxidation sites excluding steroid dienone is 1. The molecule has 0 aromatic heterocycles. The Balaban J connectivity index is 2.12. The molecule has 1 N–H and O–H groups in total. The zero-order valence-corrected chi connectivity index (χ0v) is 13.8. The quantitative estimate of drug-likeness (QED) is 0.471. The van der Waals surface area contributed by atoms with Gasteiger partial charge in [-0.15, -0.1) is 0 Å². The molecule has 0 radical (unpaired) electrons. The fourth-order valence-corrected chi connectivity index (χ4v) is 3.25. The van der Waals surface area contributed by atoms with Gasteiger partial charge in [0, 0.05) is 25.1 Å². The molecule has 0 aliphatic carbocycles. The van der Waals surface area contributed by atoms with Crippen LogP contribution in [-0.4, -0.2) is 38.5 Å². The number of hydrogen-bond acceptors (Lipinski definition) is 5. The van der Waals surface area contributed by atoms with Crippen LogP contribution >= 0.6 is 24.0 Å². The molecule has 24 heavy (non-hydrogen) atoms. The van der Waals surface area contributed by atoms with Gasteiger partial charge in [-0.1, -0.05) is 24.0 Å². The molecule has 2 rings (SSSR count). The summed E-state index contributed by atoms with van der Waals surface area (Å²) in [7, 11) is 0. The van der Waals surface area contributed by atoms with Gasteiger partial charge in [0.1, 0.15) is 16.0 Å². The molecule has 1 aliphatic heterocycles. The first kappa shape index (κ1) is 18.2. The maximum absolute atomic E-state index is 13.6. The lowest BCUT2D eigenvalue weighted by atomic mass is 10.1. The average molecular weight is 371 g/mol. The summed E-state index contributed by atoms with van der Waals surface area (Å²) in [5.41, 5.74) is -0.354. The third-order valence-electron chi connectivity index (χ3n) is 3.10. The summed E-state index contributed by atoms with van der Waals surface area (Å²) in [4.78, 5) is 36.0. The minimum absolute atomic E-state index is 0.0176. The number of rotatable bonds is 6. The number of carboxylic acid groups (broad SMARTS) is 1. The van der Waals surface area contributed by atoms with Crippen molar-refractivity contribution < 1.29 is 28.3 Å². The molecule has 0 saturated carbocycles. The second-order valence-corrected chi connectivity index (χ2v) is 6.49. The van der Waals surface area contributed by atoms with Crippen LogP contribution in [0.5, 0.6) is 0 Å². The van der Waals surface area contributed by atoms with E-state index in [1.807, 2.05) is 0 Å². The fraction of sp³-hybridized carbons (Fsp3) is 0.200. The smallest absolute Gasteiger partial charge is 0.303 e. The summed E-state index contributed by atoms with van der Waals surface area (Å²) in [6.07, 6.45) is 1.05. The van der Waals surface area contributed by atoms with Crippen LogP contribution < -0.4 is 0 Å². The van der Waals surface area contributed by atoms with Crippen molar-refractivity contribution in [2.24, 2.45) is 0 Å². The average Bonchev–Trinajstić information content (AvgIpc) is 2.74. The minimum Gasteiger partial charge on any atom is -0.481 e. The van der Waals surface area contributed by atoms with Crippen LogP contribution in [-0.2, 0) is 9.59 Å². The molecule has 1 amide bonds. The van der Waals surface area contributed by atoms with E-state index in [0.717, 1.165) is 30.0 Å². The van der Waals surface area contributed by atoms with Crippen molar-refractivity contribution in [3.63, 3.8) is 0 Å². The number of hydrogen-bond donors (Lipinski definition) is 1. The second kappa shape index (κ2) is 7.63. The van der Waals surface area contributed by atoms with Gasteiger partial charge >= 0.3 is 5.97 Å². The topological polar surface area (TPSA) is 74.7 Å². The first-order valence-corrected chi connectivity index (χ1v) is 7.98. The van der Waals surface area contributed by atoms with Crippen molar-refractivity contribution in [3.8, 4) is 0 Å². The second-order valence-electron chi connectivity index (χ2n) is 4.82. The van der Waals surface area contributed by atoms with Crippen molar-refractivity contribution in [1.29, 1.82) is 0 Å². The van der Waals surface area contributed by atoms with Crippen molar-refractivity contribution in [2.45, 2.75) is 12.8 Å². The lowest BCUT2D eigenvalue weighted by Gasteiger charge is -2.13. The third kappa shape index (κ3) is 4.24. The van der Waals surface area contributed by atoms with Gasteiger partial charge in [0.05, 0.1) is 10.5 Å². The zero-order valence-electron chi connectivity index (χ0n) is 12.1. The maximum atomic E-state index is 13.6. The van der Waals surface area contributed by atoms with Gasteiger partial charge < -0.3 is 5.11 Å². The lowest BCUT2D eigenvalue weighted by molar-refractivity contribution is -0.137. The highest BCUT2D eigenvalue weighted by molar-refractivity contribution is 8.26. The zero-order chi connectivity index (χ0) is 17.9. The molecule has 1 aliphatic rings. The molecular weight excluding hydrogens is 360 g/mol. The Kier molecular flexibility index (Phi) is 5.79. The minimum atomic E-state index is -1.02. The molecule has 0 unspecified atom stereocenters. The van der Waals surface area contributed by atoms with E-state index in [-0.39, 0.29) is 34.2 Å². The van der Waals surface area contributed by atoms with Crippen LogP contribution in [0.15, 0.2) is 29.2 Å². The number of halogens is 2. The van der Waals surface area contributed by atoms with Crippen LogP contribution in [0.25, 0.3) is 0 Å². The number of amides is 1. The van der Waals surface area contributed by atoms with E-state index < -0.39 is 29.3 Å². The van der Waals surface area contributed by atoms with Crippen molar-refractivity contribution in [2.75, 3.05) is 6.54 Å². The summed E-state index contributed by atoms with van der Waals surface area (Å²) >= 11 is 5.91. The first-order chi connectivity index (χ1) is 11.3. The number of aliphatic carboxylic acids is 1. The number of nitrogens with zero attached hydrogens (tertiary/aromatic N) is 1. The molecule has 126 valence electrons. The predicted octanol–water partition coefficient (Wildman–Crippen LogP) is 2.76. The van der Waals surface area contributed by atoms with Gasteiger partial charge in [-0.25, -0.2) is 8.78 Å². The Morgan fingerprint density at radius 3 is 2.67 bits per heavy atom. The number of carbonyl (C=O) groups excluding carboxylic acids is 2. The lowest BCUT2D eigenvalue weighted by Crippen LogP contribution is -2.29. The number of thioether (sulfide) groups is 1. The van der Waals surface area contributed by atoms with E-state index in [9.17, 15) is 23.2 Å². The Bertz CT molecular complexity index is 764. The Labute approximate surface area is 145 Å². The van der Waals surface area contributed by atoms with Crippen LogP contribution in [0.2, 0.25) is 0 Å². The molecule has 9 heteroatoms. The normalized spacial score (nSPS) is 16.1. The Morgan fingerprint density at radius 1 is 1.33 bits per heavy atom.